The first-order valence-corrected chi connectivity index (χ1v) is 6.37. The summed E-state index contributed by atoms with van der Waals surface area (Å²) in [6, 6.07) is 12.7. The fourth-order valence-corrected chi connectivity index (χ4v) is 2.68. The summed E-state index contributed by atoms with van der Waals surface area (Å²) in [5.74, 6) is -0.232. The van der Waals surface area contributed by atoms with Gasteiger partial charge in [0.1, 0.15) is 5.82 Å². The molecule has 1 nitrogen and oxygen atoms in total. The number of rotatable bonds is 2. The average molecular weight is 241 g/mol. The van der Waals surface area contributed by atoms with Crippen LogP contribution in [0.1, 0.15) is 34.7 Å². The second-order valence-corrected chi connectivity index (χ2v) is 4.91. The molecule has 0 saturated heterocycles. The second kappa shape index (κ2) is 4.54. The van der Waals surface area contributed by atoms with Gasteiger partial charge in [-0.15, -0.1) is 0 Å². The van der Waals surface area contributed by atoms with Crippen LogP contribution < -0.4 is 5.73 Å². The Bertz CT molecular complexity index is 577. The smallest absolute Gasteiger partial charge is 0.123 e. The lowest BCUT2D eigenvalue weighted by Gasteiger charge is -2.14. The van der Waals surface area contributed by atoms with E-state index >= 15 is 0 Å². The first-order chi connectivity index (χ1) is 8.74. The molecular formula is C16H16FN. The Hall–Kier alpha value is -1.67. The van der Waals surface area contributed by atoms with Crippen molar-refractivity contribution in [2.45, 2.75) is 25.3 Å². The van der Waals surface area contributed by atoms with Crippen molar-refractivity contribution in [2.24, 2.45) is 5.73 Å². The summed E-state index contributed by atoms with van der Waals surface area (Å²) in [5.41, 5.74) is 10.9. The predicted octanol–water partition coefficient (Wildman–Crippen LogP) is 3.36. The Morgan fingerprint density at radius 1 is 0.944 bits per heavy atom. The molecule has 0 radical (unpaired) electrons. The van der Waals surface area contributed by atoms with Gasteiger partial charge in [0.15, 0.2) is 0 Å². The molecule has 2 N–H and O–H groups in total. The quantitative estimate of drug-likeness (QED) is 0.857. The summed E-state index contributed by atoms with van der Waals surface area (Å²) >= 11 is 0. The Balaban J connectivity index is 1.95. The third-order valence-electron chi connectivity index (χ3n) is 3.69. The monoisotopic (exact) mass is 241 g/mol. The highest BCUT2D eigenvalue weighted by atomic mass is 19.1. The highest BCUT2D eigenvalue weighted by Gasteiger charge is 2.15. The van der Waals surface area contributed by atoms with Gasteiger partial charge in [-0.25, -0.2) is 4.39 Å². The van der Waals surface area contributed by atoms with Crippen LogP contribution in [-0.2, 0) is 12.8 Å². The van der Waals surface area contributed by atoms with Gasteiger partial charge in [0.25, 0.3) is 0 Å². The van der Waals surface area contributed by atoms with E-state index < -0.39 is 0 Å². The van der Waals surface area contributed by atoms with Gasteiger partial charge in [0.05, 0.1) is 6.04 Å². The van der Waals surface area contributed by atoms with Crippen LogP contribution in [0.15, 0.2) is 42.5 Å². The molecule has 0 saturated carbocycles. The van der Waals surface area contributed by atoms with E-state index in [2.05, 4.69) is 18.2 Å². The van der Waals surface area contributed by atoms with Gasteiger partial charge in [0.2, 0.25) is 0 Å². The molecule has 2 heteroatoms. The average Bonchev–Trinajstić information content (AvgIpc) is 2.85. The Morgan fingerprint density at radius 2 is 1.72 bits per heavy atom. The lowest BCUT2D eigenvalue weighted by atomic mass is 9.96. The van der Waals surface area contributed by atoms with E-state index in [1.165, 1.54) is 36.1 Å². The number of hydrogen-bond acceptors (Lipinski definition) is 1. The van der Waals surface area contributed by atoms with E-state index in [1.54, 1.807) is 6.07 Å². The van der Waals surface area contributed by atoms with E-state index in [9.17, 15) is 4.39 Å². The predicted molar refractivity (Wildman–Crippen MR) is 70.9 cm³/mol. The standard InChI is InChI=1S/C16H16FN/c17-15-6-2-5-13(10-15)16(18)14-8-7-11-3-1-4-12(11)9-14/h2,5-10,16H,1,3-4,18H2. The lowest BCUT2D eigenvalue weighted by Crippen LogP contribution is -2.12. The topological polar surface area (TPSA) is 26.0 Å². The van der Waals surface area contributed by atoms with Crippen LogP contribution in [0.4, 0.5) is 4.39 Å². The largest absolute Gasteiger partial charge is 0.320 e. The van der Waals surface area contributed by atoms with Crippen LogP contribution in [-0.4, -0.2) is 0 Å². The zero-order valence-electron chi connectivity index (χ0n) is 10.2. The molecule has 0 aliphatic heterocycles. The maximum absolute atomic E-state index is 13.2. The van der Waals surface area contributed by atoms with Crippen LogP contribution in [0.5, 0.6) is 0 Å². The van der Waals surface area contributed by atoms with E-state index in [4.69, 9.17) is 5.73 Å². The van der Waals surface area contributed by atoms with Gasteiger partial charge in [0, 0.05) is 0 Å². The van der Waals surface area contributed by atoms with Gasteiger partial charge < -0.3 is 5.73 Å². The minimum absolute atomic E-state index is 0.232. The van der Waals surface area contributed by atoms with Crippen molar-refractivity contribution in [1.82, 2.24) is 0 Å². The zero-order valence-corrected chi connectivity index (χ0v) is 10.2. The van der Waals surface area contributed by atoms with Crippen LogP contribution in [0.25, 0.3) is 0 Å². The molecule has 92 valence electrons. The highest BCUT2D eigenvalue weighted by Crippen LogP contribution is 2.27. The number of nitrogens with two attached hydrogens (primary N) is 1. The van der Waals surface area contributed by atoms with E-state index in [0.717, 1.165) is 17.5 Å². The van der Waals surface area contributed by atoms with E-state index in [-0.39, 0.29) is 11.9 Å². The molecule has 18 heavy (non-hydrogen) atoms. The molecule has 0 spiro atoms. The minimum Gasteiger partial charge on any atom is -0.320 e. The molecule has 0 bridgehead atoms. The molecule has 0 heterocycles. The SMILES string of the molecule is NC(c1cccc(F)c1)c1ccc2c(c1)CCC2. The third-order valence-corrected chi connectivity index (χ3v) is 3.69. The Morgan fingerprint density at radius 3 is 2.56 bits per heavy atom. The molecule has 2 aromatic carbocycles. The van der Waals surface area contributed by atoms with Crippen molar-refractivity contribution in [3.63, 3.8) is 0 Å². The second-order valence-electron chi connectivity index (χ2n) is 4.91. The zero-order chi connectivity index (χ0) is 12.5. The van der Waals surface area contributed by atoms with Crippen molar-refractivity contribution in [2.75, 3.05) is 0 Å². The summed E-state index contributed by atoms with van der Waals surface area (Å²) in [4.78, 5) is 0. The highest BCUT2D eigenvalue weighted by molar-refractivity contribution is 5.39. The Labute approximate surface area is 106 Å². The normalized spacial score (nSPS) is 15.4. The van der Waals surface area contributed by atoms with E-state index in [1.807, 2.05) is 6.07 Å². The van der Waals surface area contributed by atoms with Crippen molar-refractivity contribution in [3.8, 4) is 0 Å². The number of aryl methyl sites for hydroxylation is 2. The maximum atomic E-state index is 13.2. The van der Waals surface area contributed by atoms with E-state index in [0.29, 0.717) is 0 Å². The van der Waals surface area contributed by atoms with Crippen LogP contribution in [0.2, 0.25) is 0 Å². The summed E-state index contributed by atoms with van der Waals surface area (Å²) < 4.78 is 13.2. The molecule has 1 aliphatic carbocycles. The fraction of sp³-hybridized carbons (Fsp3) is 0.250. The molecule has 1 unspecified atom stereocenters. The number of halogens is 1. The molecule has 0 aromatic heterocycles. The van der Waals surface area contributed by atoms with Crippen LogP contribution in [0.3, 0.4) is 0 Å². The summed E-state index contributed by atoms with van der Waals surface area (Å²) in [5, 5.41) is 0. The fourth-order valence-electron chi connectivity index (χ4n) is 2.68. The summed E-state index contributed by atoms with van der Waals surface area (Å²) in [7, 11) is 0. The molecule has 1 aliphatic rings. The van der Waals surface area contributed by atoms with Gasteiger partial charge in [-0.05, 0) is 53.6 Å². The van der Waals surface area contributed by atoms with Crippen molar-refractivity contribution < 1.29 is 4.39 Å². The first kappa shape index (κ1) is 11.4. The van der Waals surface area contributed by atoms with Gasteiger partial charge >= 0.3 is 0 Å². The van der Waals surface area contributed by atoms with Gasteiger partial charge in [-0.3, -0.25) is 0 Å². The number of hydrogen-bond donors (Lipinski definition) is 1. The van der Waals surface area contributed by atoms with Crippen LogP contribution in [0, 0.1) is 5.82 Å². The summed E-state index contributed by atoms with van der Waals surface area (Å²) in [6.07, 6.45) is 3.54. The molecule has 0 fully saturated rings. The summed E-state index contributed by atoms with van der Waals surface area (Å²) in [6.45, 7) is 0. The molecule has 3 rings (SSSR count). The van der Waals surface area contributed by atoms with Gasteiger partial charge in [-0.2, -0.15) is 0 Å². The molecule has 0 amide bonds. The van der Waals surface area contributed by atoms with Crippen molar-refractivity contribution in [1.29, 1.82) is 0 Å². The maximum Gasteiger partial charge on any atom is 0.123 e. The molecule has 2 aromatic rings. The van der Waals surface area contributed by atoms with Crippen molar-refractivity contribution in [3.05, 3.63) is 70.5 Å². The first-order valence-electron chi connectivity index (χ1n) is 6.37. The van der Waals surface area contributed by atoms with Crippen molar-refractivity contribution >= 4 is 0 Å². The van der Waals surface area contributed by atoms with Crippen LogP contribution >= 0.6 is 0 Å². The minimum atomic E-state index is -0.244. The van der Waals surface area contributed by atoms with Gasteiger partial charge in [-0.1, -0.05) is 30.3 Å². The lowest BCUT2D eigenvalue weighted by molar-refractivity contribution is 0.623. The number of benzene rings is 2. The molecule has 1 atom stereocenters. The Kier molecular flexibility index (Phi) is 2.88. The molecular weight excluding hydrogens is 225 g/mol. The number of fused-ring (bicyclic) bond motifs is 1. The third kappa shape index (κ3) is 2.04.